The van der Waals surface area contributed by atoms with Gasteiger partial charge in [-0.05, 0) is 80.8 Å². The molecule has 244 valence electrons. The molecule has 2 aromatic carbocycles. The molecule has 6 rings (SSSR count). The van der Waals surface area contributed by atoms with Crippen LogP contribution in [0.15, 0.2) is 82.6 Å². The number of allylic oxidation sites excluding steroid dienone is 1. The van der Waals surface area contributed by atoms with E-state index in [-0.39, 0.29) is 42.4 Å². The highest BCUT2D eigenvalue weighted by atomic mass is 32.2. The third-order valence-electron chi connectivity index (χ3n) is 9.90. The molecule has 1 amide bonds. The average Bonchev–Trinajstić information content (AvgIpc) is 3.68. The number of piperidine rings is 1. The first-order chi connectivity index (χ1) is 22.2. The second-order valence-electron chi connectivity index (χ2n) is 12.8. The summed E-state index contributed by atoms with van der Waals surface area (Å²) >= 11 is 0. The van der Waals surface area contributed by atoms with Crippen LogP contribution in [0.3, 0.4) is 0 Å². The predicted molar refractivity (Wildman–Crippen MR) is 173 cm³/mol. The smallest absolute Gasteiger partial charge is 0.338 e. The lowest BCUT2D eigenvalue weighted by Gasteiger charge is -2.44. The Kier molecular flexibility index (Phi) is 9.23. The van der Waals surface area contributed by atoms with E-state index in [4.69, 9.17) is 9.15 Å². The molecule has 1 N–H and O–H groups in total. The SMILES string of the molecule is C=CCCCC(=O)N1[C@H](CO)C[C@@]23CN(S(=O)(=O)c4ccc(C)cc4)CC[C@@H]2c2cc(CCCOC(=O)c4ccccc4)oc2[C@@H]13. The van der Waals surface area contributed by atoms with Gasteiger partial charge in [0.1, 0.15) is 11.5 Å². The van der Waals surface area contributed by atoms with Gasteiger partial charge in [-0.15, -0.1) is 6.58 Å². The quantitative estimate of drug-likeness (QED) is 0.156. The molecular formula is C36H42N2O7S. The highest BCUT2D eigenvalue weighted by Crippen LogP contribution is 2.67. The van der Waals surface area contributed by atoms with Crippen molar-refractivity contribution < 1.29 is 32.3 Å². The van der Waals surface area contributed by atoms with E-state index in [0.29, 0.717) is 62.8 Å². The van der Waals surface area contributed by atoms with Crippen LogP contribution >= 0.6 is 0 Å². The molecule has 3 heterocycles. The van der Waals surface area contributed by atoms with Crippen molar-refractivity contribution in [3.05, 3.63) is 102 Å². The molecular weight excluding hydrogens is 604 g/mol. The number of sulfonamides is 1. The van der Waals surface area contributed by atoms with E-state index in [1.165, 1.54) is 0 Å². The van der Waals surface area contributed by atoms with Gasteiger partial charge in [0.2, 0.25) is 15.9 Å². The van der Waals surface area contributed by atoms with Crippen LogP contribution in [0.1, 0.15) is 83.5 Å². The first-order valence-corrected chi connectivity index (χ1v) is 17.6. The Balaban J connectivity index is 1.27. The molecule has 1 aromatic heterocycles. The summed E-state index contributed by atoms with van der Waals surface area (Å²) in [6.07, 6.45) is 5.63. The van der Waals surface area contributed by atoms with Crippen molar-refractivity contribution in [2.75, 3.05) is 26.3 Å². The van der Waals surface area contributed by atoms with Gasteiger partial charge in [-0.2, -0.15) is 4.31 Å². The minimum Gasteiger partial charge on any atom is -0.464 e. The van der Waals surface area contributed by atoms with E-state index in [1.54, 1.807) is 63.8 Å². The number of esters is 1. The average molecular weight is 647 g/mol. The zero-order valence-electron chi connectivity index (χ0n) is 26.3. The number of furan rings is 1. The van der Waals surface area contributed by atoms with Crippen LogP contribution in [0.4, 0.5) is 0 Å². The fourth-order valence-electron chi connectivity index (χ4n) is 7.79. The van der Waals surface area contributed by atoms with Crippen molar-refractivity contribution in [3.8, 4) is 0 Å². The van der Waals surface area contributed by atoms with Crippen molar-refractivity contribution in [2.24, 2.45) is 5.41 Å². The lowest BCUT2D eigenvalue weighted by Crippen LogP contribution is -2.50. The standard InChI is InChI=1S/C36H42N2O7S/c1-3-4-6-13-32(40)38-27(23-39)22-36-24-37(46(42,43)29-16-14-25(2)15-17-29)19-18-31(36)30-21-28(45-33(30)34(36)38)12-9-20-44-35(41)26-10-7-5-8-11-26/h3,5,7-8,10-11,14-17,21,27,31,34,39H,1,4,6,9,12-13,18-20,22-24H2,2H3/t27-,31+,34+,36+/m0/s1. The highest BCUT2D eigenvalue weighted by molar-refractivity contribution is 7.89. The zero-order valence-corrected chi connectivity index (χ0v) is 27.1. The molecule has 10 heteroatoms. The normalized spacial score (nSPS) is 23.9. The third-order valence-corrected chi connectivity index (χ3v) is 11.8. The van der Waals surface area contributed by atoms with Gasteiger partial charge in [0, 0.05) is 31.3 Å². The molecule has 1 aliphatic carbocycles. The van der Waals surface area contributed by atoms with Gasteiger partial charge in [-0.1, -0.05) is 42.0 Å². The summed E-state index contributed by atoms with van der Waals surface area (Å²) in [5.74, 6) is 0.981. The summed E-state index contributed by atoms with van der Waals surface area (Å²) in [6, 6.07) is 16.9. The van der Waals surface area contributed by atoms with E-state index in [0.717, 1.165) is 16.9 Å². The van der Waals surface area contributed by atoms with Gasteiger partial charge in [0.05, 0.1) is 35.8 Å². The number of rotatable bonds is 12. The highest BCUT2D eigenvalue weighted by Gasteiger charge is 2.66. The van der Waals surface area contributed by atoms with Crippen molar-refractivity contribution in [1.82, 2.24) is 9.21 Å². The number of ether oxygens (including phenoxy) is 1. The third kappa shape index (κ3) is 5.82. The Hall–Kier alpha value is -3.73. The molecule has 0 bridgehead atoms. The van der Waals surface area contributed by atoms with E-state index in [1.807, 2.05) is 13.0 Å². The molecule has 3 aliphatic rings. The molecule has 2 saturated heterocycles. The van der Waals surface area contributed by atoms with E-state index >= 15 is 0 Å². The van der Waals surface area contributed by atoms with Crippen molar-refractivity contribution >= 4 is 21.9 Å². The molecule has 4 atom stereocenters. The number of carbonyl (C=O) groups is 2. The minimum atomic E-state index is -3.78. The van der Waals surface area contributed by atoms with Crippen LogP contribution in [0.5, 0.6) is 0 Å². The molecule has 2 aliphatic heterocycles. The van der Waals surface area contributed by atoms with Gasteiger partial charge in [-0.25, -0.2) is 13.2 Å². The Labute approximate surface area is 270 Å². The second kappa shape index (κ2) is 13.2. The summed E-state index contributed by atoms with van der Waals surface area (Å²) in [5.41, 5.74) is 1.89. The number of amides is 1. The summed E-state index contributed by atoms with van der Waals surface area (Å²) < 4.78 is 41.3. The number of nitrogens with zero attached hydrogens (tertiary/aromatic N) is 2. The summed E-state index contributed by atoms with van der Waals surface area (Å²) in [5, 5.41) is 10.5. The van der Waals surface area contributed by atoms with E-state index in [9.17, 15) is 23.1 Å². The summed E-state index contributed by atoms with van der Waals surface area (Å²) in [6.45, 7) is 6.31. The molecule has 46 heavy (non-hydrogen) atoms. The largest absolute Gasteiger partial charge is 0.464 e. The monoisotopic (exact) mass is 646 g/mol. The maximum atomic E-state index is 13.9. The predicted octanol–water partition coefficient (Wildman–Crippen LogP) is 5.55. The topological polar surface area (TPSA) is 117 Å². The number of likely N-dealkylation sites (tertiary alicyclic amines) is 1. The number of benzene rings is 2. The Bertz CT molecular complexity index is 1680. The molecule has 0 unspecified atom stereocenters. The Morgan fingerprint density at radius 3 is 2.61 bits per heavy atom. The van der Waals surface area contributed by atoms with Crippen molar-refractivity contribution in [1.29, 1.82) is 0 Å². The Morgan fingerprint density at radius 1 is 1.13 bits per heavy atom. The first-order valence-electron chi connectivity index (χ1n) is 16.1. The number of fused-ring (bicyclic) bond motifs is 3. The van der Waals surface area contributed by atoms with E-state index < -0.39 is 27.5 Å². The van der Waals surface area contributed by atoms with E-state index in [2.05, 4.69) is 12.6 Å². The molecule has 3 aromatic rings. The summed E-state index contributed by atoms with van der Waals surface area (Å²) in [4.78, 5) is 28.2. The number of carbonyl (C=O) groups excluding carboxylic acids is 2. The molecule has 2 fully saturated rings. The molecule has 1 spiro atoms. The maximum absolute atomic E-state index is 13.9. The number of hydrogen-bond acceptors (Lipinski definition) is 7. The van der Waals surface area contributed by atoms with Gasteiger partial charge in [-0.3, -0.25) is 4.79 Å². The number of aliphatic hydroxyl groups excluding tert-OH is 1. The van der Waals surface area contributed by atoms with Crippen LogP contribution in [-0.2, 0) is 26.0 Å². The number of unbranched alkanes of at least 4 members (excludes halogenated alkanes) is 1. The van der Waals surface area contributed by atoms with Crippen LogP contribution in [-0.4, -0.2) is 67.0 Å². The molecule has 9 nitrogen and oxygen atoms in total. The summed E-state index contributed by atoms with van der Waals surface area (Å²) in [7, 11) is -3.78. The van der Waals surface area contributed by atoms with Gasteiger partial charge < -0.3 is 19.2 Å². The second-order valence-corrected chi connectivity index (χ2v) is 14.7. The molecule has 0 saturated carbocycles. The van der Waals surface area contributed by atoms with Gasteiger partial charge in [0.15, 0.2) is 0 Å². The maximum Gasteiger partial charge on any atom is 0.338 e. The Morgan fingerprint density at radius 2 is 1.89 bits per heavy atom. The minimum absolute atomic E-state index is 0.0228. The number of aliphatic hydroxyl groups is 1. The van der Waals surface area contributed by atoms with Crippen LogP contribution in [0.25, 0.3) is 0 Å². The van der Waals surface area contributed by atoms with Crippen LogP contribution in [0, 0.1) is 12.3 Å². The van der Waals surface area contributed by atoms with Crippen molar-refractivity contribution in [3.63, 3.8) is 0 Å². The zero-order chi connectivity index (χ0) is 32.5. The lowest BCUT2D eigenvalue weighted by atomic mass is 9.69. The fraction of sp³-hybridized carbons (Fsp3) is 0.444. The lowest BCUT2D eigenvalue weighted by molar-refractivity contribution is -0.136. The number of hydrogen-bond donors (Lipinski definition) is 1. The first kappa shape index (κ1) is 32.2. The van der Waals surface area contributed by atoms with Crippen molar-refractivity contribution in [2.45, 2.75) is 74.8 Å². The van der Waals surface area contributed by atoms with Crippen LogP contribution < -0.4 is 0 Å². The molecule has 0 radical (unpaired) electrons. The number of aryl methyl sites for hydroxylation is 2. The van der Waals surface area contributed by atoms with Gasteiger partial charge >= 0.3 is 5.97 Å². The fourth-order valence-corrected chi connectivity index (χ4v) is 9.33. The van der Waals surface area contributed by atoms with Gasteiger partial charge in [0.25, 0.3) is 0 Å². The van der Waals surface area contributed by atoms with Crippen LogP contribution in [0.2, 0.25) is 0 Å².